The van der Waals surface area contributed by atoms with E-state index in [0.29, 0.717) is 6.54 Å². The van der Waals surface area contributed by atoms with Crippen LogP contribution >= 0.6 is 0 Å². The van der Waals surface area contributed by atoms with Gasteiger partial charge in [0, 0.05) is 6.54 Å². The Bertz CT molecular complexity index is 402. The minimum atomic E-state index is -4.63. The van der Waals surface area contributed by atoms with Crippen molar-refractivity contribution in [1.82, 2.24) is 5.32 Å². The van der Waals surface area contributed by atoms with Crippen molar-refractivity contribution in [2.45, 2.75) is 38.6 Å². The molecular formula is C14H18F3NO. The Hall–Kier alpha value is -1.23. The van der Waals surface area contributed by atoms with E-state index in [4.69, 9.17) is 0 Å². The van der Waals surface area contributed by atoms with Gasteiger partial charge >= 0.3 is 6.36 Å². The predicted molar refractivity (Wildman–Crippen MR) is 66.8 cm³/mol. The summed E-state index contributed by atoms with van der Waals surface area (Å²) in [5.41, 5.74) is 0.801. The van der Waals surface area contributed by atoms with E-state index >= 15 is 0 Å². The van der Waals surface area contributed by atoms with E-state index in [2.05, 4.69) is 10.1 Å². The maximum atomic E-state index is 12.1. The zero-order chi connectivity index (χ0) is 13.7. The quantitative estimate of drug-likeness (QED) is 0.794. The molecule has 5 heteroatoms. The van der Waals surface area contributed by atoms with Gasteiger partial charge in [0.2, 0.25) is 0 Å². The van der Waals surface area contributed by atoms with Crippen molar-refractivity contribution in [1.29, 1.82) is 0 Å². The van der Waals surface area contributed by atoms with Gasteiger partial charge < -0.3 is 10.1 Å². The lowest BCUT2D eigenvalue weighted by molar-refractivity contribution is -0.274. The number of alkyl halides is 3. The van der Waals surface area contributed by atoms with Gasteiger partial charge in [-0.05, 0) is 36.6 Å². The summed E-state index contributed by atoms with van der Waals surface area (Å²) in [5, 5.41) is 3.25. The first-order valence-corrected chi connectivity index (χ1v) is 6.58. The number of hydrogen-bond donors (Lipinski definition) is 1. The third-order valence-electron chi connectivity index (χ3n) is 3.42. The van der Waals surface area contributed by atoms with Crippen LogP contribution in [-0.2, 0) is 6.54 Å². The number of benzene rings is 1. The molecular weight excluding hydrogens is 255 g/mol. The van der Waals surface area contributed by atoms with E-state index in [9.17, 15) is 13.2 Å². The van der Waals surface area contributed by atoms with E-state index in [1.807, 2.05) is 0 Å². The molecule has 0 atom stereocenters. The number of ether oxygens (including phenoxy) is 1. The van der Waals surface area contributed by atoms with E-state index in [1.165, 1.54) is 31.4 Å². The first-order valence-electron chi connectivity index (χ1n) is 6.58. The molecule has 1 fully saturated rings. The molecule has 2 nitrogen and oxygen atoms in total. The predicted octanol–water partition coefficient (Wildman–Crippen LogP) is 3.87. The fourth-order valence-corrected chi connectivity index (χ4v) is 2.17. The molecule has 0 saturated heterocycles. The van der Waals surface area contributed by atoms with Crippen molar-refractivity contribution < 1.29 is 17.9 Å². The lowest BCUT2D eigenvalue weighted by atomic mass is 9.83. The molecule has 19 heavy (non-hydrogen) atoms. The average molecular weight is 273 g/mol. The van der Waals surface area contributed by atoms with Crippen LogP contribution in [0.5, 0.6) is 5.75 Å². The van der Waals surface area contributed by atoms with Gasteiger partial charge in [0.05, 0.1) is 0 Å². The Morgan fingerprint density at radius 1 is 1.26 bits per heavy atom. The van der Waals surface area contributed by atoms with Crippen molar-refractivity contribution in [3.05, 3.63) is 29.8 Å². The van der Waals surface area contributed by atoms with Crippen LogP contribution < -0.4 is 10.1 Å². The maximum Gasteiger partial charge on any atom is 0.573 e. The minimum absolute atomic E-state index is 0.161. The number of nitrogens with one attached hydrogen (secondary N) is 1. The Kier molecular flexibility index (Phi) is 4.69. The maximum absolute atomic E-state index is 12.1. The van der Waals surface area contributed by atoms with Crippen LogP contribution in [0.2, 0.25) is 0 Å². The highest BCUT2D eigenvalue weighted by atomic mass is 19.4. The molecule has 0 heterocycles. The fraction of sp³-hybridized carbons (Fsp3) is 0.571. The minimum Gasteiger partial charge on any atom is -0.406 e. The second kappa shape index (κ2) is 6.28. The van der Waals surface area contributed by atoms with E-state index in [-0.39, 0.29) is 5.75 Å². The van der Waals surface area contributed by atoms with Gasteiger partial charge in [-0.1, -0.05) is 31.4 Å². The standard InChI is InChI=1S/C14H18F3NO/c15-14(16,17)19-13-6-2-5-12(9-13)10-18-8-7-11-3-1-4-11/h2,5-6,9,11,18H,1,3-4,7-8,10H2. The molecule has 1 saturated carbocycles. The SMILES string of the molecule is FC(F)(F)Oc1cccc(CNCCC2CCC2)c1. The van der Waals surface area contributed by atoms with E-state index in [0.717, 1.165) is 24.4 Å². The van der Waals surface area contributed by atoms with Gasteiger partial charge in [-0.2, -0.15) is 0 Å². The highest BCUT2D eigenvalue weighted by Gasteiger charge is 2.31. The topological polar surface area (TPSA) is 21.3 Å². The van der Waals surface area contributed by atoms with Crippen molar-refractivity contribution in [2.24, 2.45) is 5.92 Å². The molecule has 1 aliphatic carbocycles. The molecule has 106 valence electrons. The molecule has 0 radical (unpaired) electrons. The summed E-state index contributed by atoms with van der Waals surface area (Å²) in [5.74, 6) is 0.679. The first-order chi connectivity index (χ1) is 9.03. The smallest absolute Gasteiger partial charge is 0.406 e. The summed E-state index contributed by atoms with van der Waals surface area (Å²) in [4.78, 5) is 0. The van der Waals surface area contributed by atoms with Crippen molar-refractivity contribution in [3.8, 4) is 5.75 Å². The van der Waals surface area contributed by atoms with Crippen molar-refractivity contribution in [3.63, 3.8) is 0 Å². The van der Waals surface area contributed by atoms with Crippen LogP contribution in [0.15, 0.2) is 24.3 Å². The summed E-state index contributed by atoms with van der Waals surface area (Å²) in [6.45, 7) is 1.48. The summed E-state index contributed by atoms with van der Waals surface area (Å²) < 4.78 is 40.1. The Morgan fingerprint density at radius 2 is 2.05 bits per heavy atom. The molecule has 0 aromatic heterocycles. The molecule has 0 unspecified atom stereocenters. The van der Waals surface area contributed by atoms with Crippen LogP contribution in [0.3, 0.4) is 0 Å². The van der Waals surface area contributed by atoms with Crippen LogP contribution in [0, 0.1) is 5.92 Å². The number of halogens is 3. The number of rotatable bonds is 6. The average Bonchev–Trinajstić information content (AvgIpc) is 2.24. The molecule has 0 bridgehead atoms. The Labute approximate surface area is 111 Å². The summed E-state index contributed by atoms with van der Waals surface area (Å²) in [6.07, 6.45) is 0.490. The molecule has 0 amide bonds. The molecule has 2 rings (SSSR count). The summed E-state index contributed by atoms with van der Waals surface area (Å²) >= 11 is 0. The van der Waals surface area contributed by atoms with Gasteiger partial charge in [0.1, 0.15) is 5.75 Å². The normalized spacial score (nSPS) is 16.2. The zero-order valence-electron chi connectivity index (χ0n) is 10.7. The Balaban J connectivity index is 1.74. The van der Waals surface area contributed by atoms with Gasteiger partial charge in [-0.25, -0.2) is 0 Å². The largest absolute Gasteiger partial charge is 0.573 e. The summed E-state index contributed by atoms with van der Waals surface area (Å²) in [6, 6.07) is 6.10. The Morgan fingerprint density at radius 3 is 2.68 bits per heavy atom. The zero-order valence-corrected chi connectivity index (χ0v) is 10.7. The molecule has 1 N–H and O–H groups in total. The molecule has 1 aromatic rings. The molecule has 1 aliphatic rings. The number of hydrogen-bond acceptors (Lipinski definition) is 2. The third kappa shape index (κ3) is 5.11. The highest BCUT2D eigenvalue weighted by Crippen LogP contribution is 2.28. The van der Waals surface area contributed by atoms with Gasteiger partial charge in [-0.15, -0.1) is 13.2 Å². The summed E-state index contributed by atoms with van der Waals surface area (Å²) in [7, 11) is 0. The molecule has 0 spiro atoms. The van der Waals surface area contributed by atoms with Crippen molar-refractivity contribution in [2.75, 3.05) is 6.54 Å². The third-order valence-corrected chi connectivity index (χ3v) is 3.42. The van der Waals surface area contributed by atoms with Crippen LogP contribution in [0.25, 0.3) is 0 Å². The van der Waals surface area contributed by atoms with Gasteiger partial charge in [0.15, 0.2) is 0 Å². The van der Waals surface area contributed by atoms with Crippen LogP contribution in [0.4, 0.5) is 13.2 Å². The molecule has 0 aliphatic heterocycles. The lowest BCUT2D eigenvalue weighted by Gasteiger charge is -2.25. The van der Waals surface area contributed by atoms with E-state index in [1.54, 1.807) is 12.1 Å². The molecule has 1 aromatic carbocycles. The monoisotopic (exact) mass is 273 g/mol. The van der Waals surface area contributed by atoms with Crippen LogP contribution in [0.1, 0.15) is 31.2 Å². The highest BCUT2D eigenvalue weighted by molar-refractivity contribution is 5.28. The first kappa shape index (κ1) is 14.2. The second-order valence-electron chi connectivity index (χ2n) is 4.96. The van der Waals surface area contributed by atoms with Crippen molar-refractivity contribution >= 4 is 0 Å². The fourth-order valence-electron chi connectivity index (χ4n) is 2.17. The van der Waals surface area contributed by atoms with Crippen LogP contribution in [-0.4, -0.2) is 12.9 Å². The van der Waals surface area contributed by atoms with Gasteiger partial charge in [-0.3, -0.25) is 0 Å². The van der Waals surface area contributed by atoms with E-state index < -0.39 is 6.36 Å². The van der Waals surface area contributed by atoms with Gasteiger partial charge in [0.25, 0.3) is 0 Å². The second-order valence-corrected chi connectivity index (χ2v) is 4.96. The lowest BCUT2D eigenvalue weighted by Crippen LogP contribution is -2.21.